The highest BCUT2D eigenvalue weighted by Gasteiger charge is 2.34. The highest BCUT2D eigenvalue weighted by atomic mass is 35.5. The second kappa shape index (κ2) is 9.38. The SMILES string of the molecule is CC(NC(=O)c1ccccc1Cl)C(=O)NCC1(N(C)C)CCCCCC1. The van der Waals surface area contributed by atoms with Crippen molar-refractivity contribution in [2.75, 3.05) is 20.6 Å². The second-order valence-electron chi connectivity index (χ2n) is 7.43. The van der Waals surface area contributed by atoms with Crippen molar-refractivity contribution in [3.8, 4) is 0 Å². The van der Waals surface area contributed by atoms with Gasteiger partial charge in [0, 0.05) is 12.1 Å². The van der Waals surface area contributed by atoms with Crippen molar-refractivity contribution in [1.29, 1.82) is 0 Å². The van der Waals surface area contributed by atoms with Gasteiger partial charge in [-0.25, -0.2) is 0 Å². The van der Waals surface area contributed by atoms with Crippen molar-refractivity contribution in [3.63, 3.8) is 0 Å². The molecule has 1 aliphatic rings. The molecule has 0 saturated heterocycles. The molecule has 1 unspecified atom stereocenters. The molecule has 1 aliphatic carbocycles. The molecule has 1 saturated carbocycles. The fraction of sp³-hybridized carbons (Fsp3) is 0.600. The lowest BCUT2D eigenvalue weighted by atomic mass is 9.88. The smallest absolute Gasteiger partial charge is 0.253 e. The van der Waals surface area contributed by atoms with Gasteiger partial charge in [0.2, 0.25) is 5.91 Å². The van der Waals surface area contributed by atoms with Crippen LogP contribution in [0, 0.1) is 0 Å². The van der Waals surface area contributed by atoms with E-state index in [1.165, 1.54) is 25.7 Å². The molecule has 1 aromatic carbocycles. The van der Waals surface area contributed by atoms with Crippen LogP contribution in [-0.4, -0.2) is 48.9 Å². The highest BCUT2D eigenvalue weighted by Crippen LogP contribution is 2.30. The summed E-state index contributed by atoms with van der Waals surface area (Å²) in [6.07, 6.45) is 7.06. The van der Waals surface area contributed by atoms with Gasteiger partial charge in [0.1, 0.15) is 6.04 Å². The molecule has 0 aliphatic heterocycles. The number of nitrogens with zero attached hydrogens (tertiary/aromatic N) is 1. The van der Waals surface area contributed by atoms with Crippen LogP contribution in [0.15, 0.2) is 24.3 Å². The predicted molar refractivity (Wildman–Crippen MR) is 106 cm³/mol. The minimum atomic E-state index is -0.622. The van der Waals surface area contributed by atoms with Gasteiger partial charge in [-0.2, -0.15) is 0 Å². The largest absolute Gasteiger partial charge is 0.352 e. The van der Waals surface area contributed by atoms with Crippen LogP contribution >= 0.6 is 11.6 Å². The van der Waals surface area contributed by atoms with Crippen LogP contribution in [0.3, 0.4) is 0 Å². The van der Waals surface area contributed by atoms with Crippen LogP contribution in [0.25, 0.3) is 0 Å². The number of benzene rings is 1. The zero-order chi connectivity index (χ0) is 19.2. The minimum absolute atomic E-state index is 0.00136. The maximum Gasteiger partial charge on any atom is 0.253 e. The Morgan fingerprint density at radius 1 is 1.15 bits per heavy atom. The third kappa shape index (κ3) is 5.21. The quantitative estimate of drug-likeness (QED) is 0.746. The molecule has 6 heteroatoms. The molecule has 0 aromatic heterocycles. The average Bonchev–Trinajstić information content (AvgIpc) is 2.86. The molecule has 1 fully saturated rings. The van der Waals surface area contributed by atoms with Gasteiger partial charge < -0.3 is 15.5 Å². The molecule has 2 rings (SSSR count). The summed E-state index contributed by atoms with van der Waals surface area (Å²) in [5.41, 5.74) is 0.376. The molecule has 1 aromatic rings. The van der Waals surface area contributed by atoms with Gasteiger partial charge in [-0.15, -0.1) is 0 Å². The lowest BCUT2D eigenvalue weighted by Crippen LogP contribution is -2.55. The van der Waals surface area contributed by atoms with Crippen molar-refractivity contribution >= 4 is 23.4 Å². The third-order valence-electron chi connectivity index (χ3n) is 5.43. The number of hydrogen-bond donors (Lipinski definition) is 2. The van der Waals surface area contributed by atoms with E-state index < -0.39 is 6.04 Å². The standard InChI is InChI=1S/C20H30ClN3O2/c1-15(23-19(26)16-10-6-7-11-17(16)21)18(25)22-14-20(24(2)3)12-8-4-5-9-13-20/h6-7,10-11,15H,4-5,8-9,12-14H2,1-3H3,(H,22,25)(H,23,26). The van der Waals surface area contributed by atoms with E-state index in [0.717, 1.165) is 12.8 Å². The molecule has 1 atom stereocenters. The Balaban J connectivity index is 1.93. The average molecular weight is 380 g/mol. The number of halogens is 1. The van der Waals surface area contributed by atoms with E-state index in [4.69, 9.17) is 11.6 Å². The lowest BCUT2D eigenvalue weighted by Gasteiger charge is -2.40. The minimum Gasteiger partial charge on any atom is -0.352 e. The Hall–Kier alpha value is -1.59. The van der Waals surface area contributed by atoms with Crippen LogP contribution < -0.4 is 10.6 Å². The Kier molecular flexibility index (Phi) is 7.47. The van der Waals surface area contributed by atoms with E-state index in [9.17, 15) is 9.59 Å². The lowest BCUT2D eigenvalue weighted by molar-refractivity contribution is -0.123. The van der Waals surface area contributed by atoms with Gasteiger partial charge in [-0.05, 0) is 46.0 Å². The van der Waals surface area contributed by atoms with Gasteiger partial charge in [0.05, 0.1) is 10.6 Å². The molecule has 0 radical (unpaired) electrons. The molecule has 0 heterocycles. The number of likely N-dealkylation sites (N-methyl/N-ethyl adjacent to an activating group) is 1. The van der Waals surface area contributed by atoms with Gasteiger partial charge in [0.25, 0.3) is 5.91 Å². The Bertz CT molecular complexity index is 625. The highest BCUT2D eigenvalue weighted by molar-refractivity contribution is 6.33. The number of nitrogens with one attached hydrogen (secondary N) is 2. The van der Waals surface area contributed by atoms with Crippen molar-refractivity contribution in [2.24, 2.45) is 0 Å². The zero-order valence-electron chi connectivity index (χ0n) is 16.0. The first kappa shape index (κ1) is 20.7. The topological polar surface area (TPSA) is 61.4 Å². The summed E-state index contributed by atoms with van der Waals surface area (Å²) in [4.78, 5) is 27.1. The summed E-state index contributed by atoms with van der Waals surface area (Å²) in [5, 5.41) is 6.15. The molecule has 26 heavy (non-hydrogen) atoms. The number of amides is 2. The van der Waals surface area contributed by atoms with E-state index in [-0.39, 0.29) is 17.4 Å². The van der Waals surface area contributed by atoms with E-state index >= 15 is 0 Å². The van der Waals surface area contributed by atoms with Crippen molar-refractivity contribution < 1.29 is 9.59 Å². The Morgan fingerprint density at radius 2 is 1.77 bits per heavy atom. The molecule has 0 spiro atoms. The van der Waals surface area contributed by atoms with Crippen molar-refractivity contribution in [1.82, 2.24) is 15.5 Å². The monoisotopic (exact) mass is 379 g/mol. The van der Waals surface area contributed by atoms with Gasteiger partial charge >= 0.3 is 0 Å². The van der Waals surface area contributed by atoms with Crippen LogP contribution in [0.4, 0.5) is 0 Å². The summed E-state index contributed by atoms with van der Waals surface area (Å²) in [7, 11) is 4.17. The fourth-order valence-electron chi connectivity index (χ4n) is 3.56. The molecule has 2 N–H and O–H groups in total. The fourth-order valence-corrected chi connectivity index (χ4v) is 3.78. The number of hydrogen-bond acceptors (Lipinski definition) is 3. The Morgan fingerprint density at radius 3 is 2.35 bits per heavy atom. The maximum atomic E-state index is 12.5. The first-order valence-electron chi connectivity index (χ1n) is 9.36. The number of carbonyl (C=O) groups is 2. The first-order chi connectivity index (χ1) is 12.4. The van der Waals surface area contributed by atoms with Gasteiger partial charge in [-0.1, -0.05) is 49.4 Å². The van der Waals surface area contributed by atoms with E-state index in [2.05, 4.69) is 29.6 Å². The normalized spacial score (nSPS) is 18.0. The molecule has 5 nitrogen and oxygen atoms in total. The van der Waals surface area contributed by atoms with Crippen molar-refractivity contribution in [2.45, 2.75) is 57.0 Å². The summed E-state index contributed by atoms with van der Waals surface area (Å²) in [5.74, 6) is -0.508. The van der Waals surface area contributed by atoms with E-state index in [1.807, 2.05) is 0 Å². The molecular weight excluding hydrogens is 350 g/mol. The van der Waals surface area contributed by atoms with Crippen LogP contribution in [0.5, 0.6) is 0 Å². The van der Waals surface area contributed by atoms with Crippen LogP contribution in [0.2, 0.25) is 5.02 Å². The van der Waals surface area contributed by atoms with Crippen LogP contribution in [-0.2, 0) is 4.79 Å². The second-order valence-corrected chi connectivity index (χ2v) is 7.83. The third-order valence-corrected chi connectivity index (χ3v) is 5.76. The summed E-state index contributed by atoms with van der Waals surface area (Å²) in [6, 6.07) is 6.20. The molecular formula is C20H30ClN3O2. The number of carbonyl (C=O) groups excluding carboxylic acids is 2. The van der Waals surface area contributed by atoms with Crippen molar-refractivity contribution in [3.05, 3.63) is 34.9 Å². The first-order valence-corrected chi connectivity index (χ1v) is 9.74. The predicted octanol–water partition coefficient (Wildman–Crippen LogP) is 3.23. The van der Waals surface area contributed by atoms with Gasteiger partial charge in [0.15, 0.2) is 0 Å². The summed E-state index contributed by atoms with van der Waals surface area (Å²) < 4.78 is 0. The Labute approximate surface area is 161 Å². The van der Waals surface area contributed by atoms with E-state index in [1.54, 1.807) is 31.2 Å². The number of rotatable bonds is 6. The maximum absolute atomic E-state index is 12.5. The van der Waals surface area contributed by atoms with Crippen LogP contribution in [0.1, 0.15) is 55.8 Å². The van der Waals surface area contributed by atoms with E-state index in [0.29, 0.717) is 17.1 Å². The summed E-state index contributed by atoms with van der Waals surface area (Å²) >= 11 is 6.05. The molecule has 2 amide bonds. The summed E-state index contributed by atoms with van der Waals surface area (Å²) in [6.45, 7) is 2.30. The molecule has 0 bridgehead atoms. The zero-order valence-corrected chi connectivity index (χ0v) is 16.7. The molecule has 144 valence electrons. The van der Waals surface area contributed by atoms with Gasteiger partial charge in [-0.3, -0.25) is 9.59 Å².